The Balaban J connectivity index is 1.50. The molecule has 5 rings (SSSR count). The zero-order valence-electron chi connectivity index (χ0n) is 16.7. The lowest BCUT2D eigenvalue weighted by Gasteiger charge is -2.13. The van der Waals surface area contributed by atoms with Gasteiger partial charge in [0.15, 0.2) is 16.7 Å². The topological polar surface area (TPSA) is 53.4 Å². The highest BCUT2D eigenvalue weighted by Gasteiger charge is 2.17. The van der Waals surface area contributed by atoms with Crippen LogP contribution in [-0.4, -0.2) is 16.3 Å². The molecule has 0 amide bonds. The molecule has 4 aromatic rings. The number of ether oxygens (including phenoxy) is 2. The lowest BCUT2D eigenvalue weighted by Crippen LogP contribution is -2.23. The maximum absolute atomic E-state index is 13.2. The largest absolute Gasteiger partial charge is 0.454 e. The van der Waals surface area contributed by atoms with Gasteiger partial charge in [-0.15, -0.1) is 11.3 Å². The summed E-state index contributed by atoms with van der Waals surface area (Å²) in [7, 11) is 0. The Morgan fingerprint density at radius 3 is 2.73 bits per heavy atom. The Hall–Kier alpha value is -2.77. The molecule has 0 atom stereocenters. The van der Waals surface area contributed by atoms with Crippen molar-refractivity contribution < 1.29 is 9.47 Å². The lowest BCUT2D eigenvalue weighted by atomic mass is 10.1. The van der Waals surface area contributed by atoms with Gasteiger partial charge >= 0.3 is 0 Å². The van der Waals surface area contributed by atoms with Crippen molar-refractivity contribution in [2.24, 2.45) is 0 Å². The molecular weight excluding hydrogens is 416 g/mol. The number of fused-ring (bicyclic) bond motifs is 2. The normalized spacial score (nSPS) is 12.6. The molecule has 2 aromatic heterocycles. The zero-order valence-corrected chi connectivity index (χ0v) is 18.3. The summed E-state index contributed by atoms with van der Waals surface area (Å²) in [4.78, 5) is 18.0. The third-order valence-corrected chi connectivity index (χ3v) is 7.19. The predicted octanol–water partition coefficient (Wildman–Crippen LogP) is 5.14. The maximum atomic E-state index is 13.2. The van der Waals surface area contributed by atoms with Crippen LogP contribution in [0.2, 0.25) is 0 Å². The molecule has 0 N–H and O–H groups in total. The van der Waals surface area contributed by atoms with Crippen LogP contribution in [0.25, 0.3) is 10.2 Å². The van der Waals surface area contributed by atoms with E-state index in [9.17, 15) is 4.79 Å². The van der Waals surface area contributed by atoms with E-state index in [2.05, 4.69) is 32.0 Å². The molecule has 7 heteroatoms. The van der Waals surface area contributed by atoms with E-state index in [0.717, 1.165) is 33.5 Å². The van der Waals surface area contributed by atoms with Gasteiger partial charge in [0, 0.05) is 5.75 Å². The van der Waals surface area contributed by atoms with Crippen molar-refractivity contribution in [2.45, 2.75) is 31.3 Å². The van der Waals surface area contributed by atoms with E-state index in [1.807, 2.05) is 29.6 Å². The molecule has 3 heterocycles. The Morgan fingerprint density at radius 1 is 1.03 bits per heavy atom. The number of thiophene rings is 1. The second-order valence-corrected chi connectivity index (χ2v) is 9.17. The number of aromatic nitrogens is 2. The molecular formula is C23H20N2O3S2. The molecule has 0 aliphatic carbocycles. The number of rotatable bonds is 5. The summed E-state index contributed by atoms with van der Waals surface area (Å²) in [6.07, 6.45) is 0. The molecule has 1 aliphatic heterocycles. The van der Waals surface area contributed by atoms with E-state index in [-0.39, 0.29) is 12.4 Å². The average Bonchev–Trinajstić information content (AvgIpc) is 3.40. The minimum Gasteiger partial charge on any atom is -0.454 e. The van der Waals surface area contributed by atoms with Crippen LogP contribution in [0.4, 0.5) is 0 Å². The summed E-state index contributed by atoms with van der Waals surface area (Å²) in [5.74, 6) is 2.21. The molecule has 152 valence electrons. The van der Waals surface area contributed by atoms with Gasteiger partial charge in [0.05, 0.1) is 12.1 Å². The fraction of sp³-hybridized carbons (Fsp3) is 0.217. The fourth-order valence-electron chi connectivity index (χ4n) is 3.44. The SMILES string of the molecule is Cc1ccc(CSc2nc3ccsc3c(=O)n2Cc2ccc3c(c2)OCO3)cc1C. The van der Waals surface area contributed by atoms with Gasteiger partial charge in [-0.1, -0.05) is 36.0 Å². The summed E-state index contributed by atoms with van der Waals surface area (Å²) in [5, 5.41) is 2.64. The van der Waals surface area contributed by atoms with Gasteiger partial charge in [0.2, 0.25) is 6.79 Å². The molecule has 2 aromatic carbocycles. The van der Waals surface area contributed by atoms with Crippen LogP contribution in [0.5, 0.6) is 11.5 Å². The van der Waals surface area contributed by atoms with E-state index in [1.165, 1.54) is 28.0 Å². The van der Waals surface area contributed by atoms with E-state index in [0.29, 0.717) is 11.2 Å². The van der Waals surface area contributed by atoms with Gasteiger partial charge in [-0.2, -0.15) is 0 Å². The Labute approximate surface area is 182 Å². The first-order valence-electron chi connectivity index (χ1n) is 9.64. The van der Waals surface area contributed by atoms with Crippen molar-refractivity contribution in [1.29, 1.82) is 0 Å². The van der Waals surface area contributed by atoms with Crippen LogP contribution in [0.1, 0.15) is 22.3 Å². The molecule has 0 fully saturated rings. The molecule has 0 bridgehead atoms. The average molecular weight is 437 g/mol. The summed E-state index contributed by atoms with van der Waals surface area (Å²) < 4.78 is 13.3. The maximum Gasteiger partial charge on any atom is 0.272 e. The second kappa shape index (κ2) is 7.81. The Kier molecular flexibility index (Phi) is 5.00. The smallest absolute Gasteiger partial charge is 0.272 e. The molecule has 1 aliphatic rings. The van der Waals surface area contributed by atoms with Crippen LogP contribution in [0.3, 0.4) is 0 Å². The van der Waals surface area contributed by atoms with E-state index >= 15 is 0 Å². The summed E-state index contributed by atoms with van der Waals surface area (Å²) in [6.45, 7) is 4.90. The van der Waals surface area contributed by atoms with Crippen LogP contribution in [-0.2, 0) is 12.3 Å². The highest BCUT2D eigenvalue weighted by Crippen LogP contribution is 2.33. The van der Waals surface area contributed by atoms with Gasteiger partial charge in [0.1, 0.15) is 4.70 Å². The van der Waals surface area contributed by atoms with E-state index in [4.69, 9.17) is 14.5 Å². The number of hydrogen-bond donors (Lipinski definition) is 0. The monoisotopic (exact) mass is 436 g/mol. The van der Waals surface area contributed by atoms with Crippen LogP contribution in [0, 0.1) is 13.8 Å². The van der Waals surface area contributed by atoms with E-state index < -0.39 is 0 Å². The number of nitrogens with zero attached hydrogens (tertiary/aromatic N) is 2. The second-order valence-electron chi connectivity index (χ2n) is 7.32. The Bertz CT molecular complexity index is 1310. The highest BCUT2D eigenvalue weighted by molar-refractivity contribution is 7.98. The summed E-state index contributed by atoms with van der Waals surface area (Å²) >= 11 is 3.03. The Morgan fingerprint density at radius 2 is 1.87 bits per heavy atom. The molecule has 30 heavy (non-hydrogen) atoms. The molecule has 5 nitrogen and oxygen atoms in total. The van der Waals surface area contributed by atoms with Crippen molar-refractivity contribution in [2.75, 3.05) is 6.79 Å². The third kappa shape index (κ3) is 3.59. The van der Waals surface area contributed by atoms with Gasteiger partial charge in [-0.05, 0) is 59.7 Å². The van der Waals surface area contributed by atoms with Crippen LogP contribution in [0.15, 0.2) is 57.8 Å². The fourth-order valence-corrected chi connectivity index (χ4v) is 5.16. The van der Waals surface area contributed by atoms with Crippen molar-refractivity contribution in [3.05, 3.63) is 80.5 Å². The first kappa shape index (κ1) is 19.2. The summed E-state index contributed by atoms with van der Waals surface area (Å²) in [6, 6.07) is 14.2. The minimum atomic E-state index is -0.00439. The van der Waals surface area contributed by atoms with Crippen molar-refractivity contribution in [3.63, 3.8) is 0 Å². The van der Waals surface area contributed by atoms with Gasteiger partial charge in [-0.3, -0.25) is 9.36 Å². The molecule has 0 spiro atoms. The quantitative estimate of drug-likeness (QED) is 0.320. The first-order chi connectivity index (χ1) is 14.6. The van der Waals surface area contributed by atoms with Crippen molar-refractivity contribution in [3.8, 4) is 11.5 Å². The lowest BCUT2D eigenvalue weighted by molar-refractivity contribution is 0.174. The molecule has 0 unspecified atom stereocenters. The number of aryl methyl sites for hydroxylation is 2. The molecule has 0 radical (unpaired) electrons. The number of benzene rings is 2. The first-order valence-corrected chi connectivity index (χ1v) is 11.5. The standard InChI is InChI=1S/C23H20N2O3S2/c1-14-3-4-17(9-15(14)2)12-30-23-24-18-7-8-29-21(18)22(26)25(23)11-16-5-6-19-20(10-16)28-13-27-19/h3-10H,11-13H2,1-2H3. The summed E-state index contributed by atoms with van der Waals surface area (Å²) in [5.41, 5.74) is 5.50. The van der Waals surface area contributed by atoms with E-state index in [1.54, 1.807) is 16.3 Å². The van der Waals surface area contributed by atoms with Crippen LogP contribution < -0.4 is 15.0 Å². The van der Waals surface area contributed by atoms with Crippen molar-refractivity contribution in [1.82, 2.24) is 9.55 Å². The predicted molar refractivity (Wildman–Crippen MR) is 121 cm³/mol. The highest BCUT2D eigenvalue weighted by atomic mass is 32.2. The third-order valence-electron chi connectivity index (χ3n) is 5.25. The number of thioether (sulfide) groups is 1. The van der Waals surface area contributed by atoms with Gasteiger partial charge in [-0.25, -0.2) is 4.98 Å². The van der Waals surface area contributed by atoms with Crippen LogP contribution >= 0.6 is 23.1 Å². The number of hydrogen-bond acceptors (Lipinski definition) is 6. The van der Waals surface area contributed by atoms with Gasteiger partial charge < -0.3 is 9.47 Å². The van der Waals surface area contributed by atoms with Crippen molar-refractivity contribution >= 4 is 33.3 Å². The zero-order chi connectivity index (χ0) is 20.7. The molecule has 0 saturated carbocycles. The molecule has 0 saturated heterocycles. The van der Waals surface area contributed by atoms with Gasteiger partial charge in [0.25, 0.3) is 5.56 Å². The minimum absolute atomic E-state index is 0.00439.